The monoisotopic (exact) mass is 347 g/mol. The first-order valence-corrected chi connectivity index (χ1v) is 9.18. The molecule has 3 rings (SSSR count). The van der Waals surface area contributed by atoms with Gasteiger partial charge in [0.25, 0.3) is 5.91 Å². The van der Waals surface area contributed by atoms with Gasteiger partial charge < -0.3 is 14.7 Å². The van der Waals surface area contributed by atoms with Crippen molar-refractivity contribution < 1.29 is 9.32 Å². The smallest absolute Gasteiger partial charge is 0.261 e. The van der Waals surface area contributed by atoms with Gasteiger partial charge in [-0.1, -0.05) is 25.1 Å². The summed E-state index contributed by atoms with van der Waals surface area (Å²) in [6, 6.07) is 6.04. The molecule has 0 spiro atoms. The minimum Gasteiger partial charge on any atom is -0.360 e. The van der Waals surface area contributed by atoms with E-state index in [-0.39, 0.29) is 17.4 Å². The van der Waals surface area contributed by atoms with Crippen LogP contribution in [0.3, 0.4) is 0 Å². The van der Waals surface area contributed by atoms with Crippen molar-refractivity contribution >= 4 is 17.2 Å². The van der Waals surface area contributed by atoms with Gasteiger partial charge in [-0.2, -0.15) is 0 Å². The maximum atomic E-state index is 12.2. The first-order valence-electron chi connectivity index (χ1n) is 8.30. The Labute approximate surface area is 147 Å². The highest BCUT2D eigenvalue weighted by Crippen LogP contribution is 2.47. The number of carbonyl (C=O) groups is 1. The van der Waals surface area contributed by atoms with Crippen LogP contribution < -0.4 is 5.32 Å². The van der Waals surface area contributed by atoms with Crippen LogP contribution in [-0.4, -0.2) is 36.1 Å². The van der Waals surface area contributed by atoms with Crippen LogP contribution >= 0.6 is 11.3 Å². The molecule has 2 aromatic heterocycles. The fraction of sp³-hybridized carbons (Fsp3) is 0.556. The molecule has 5 nitrogen and oxygen atoms in total. The lowest BCUT2D eigenvalue weighted by atomic mass is 9.57. The van der Waals surface area contributed by atoms with E-state index in [1.165, 1.54) is 11.3 Å². The van der Waals surface area contributed by atoms with Crippen molar-refractivity contribution in [3.8, 4) is 0 Å². The predicted molar refractivity (Wildman–Crippen MR) is 95.1 cm³/mol. The Balaban J connectivity index is 1.56. The highest BCUT2D eigenvalue weighted by molar-refractivity contribution is 7.12. The molecule has 2 heterocycles. The zero-order valence-corrected chi connectivity index (χ0v) is 15.5. The molecule has 1 aliphatic carbocycles. The molecule has 2 unspecified atom stereocenters. The molecule has 2 atom stereocenters. The summed E-state index contributed by atoms with van der Waals surface area (Å²) in [4.78, 5) is 15.1. The van der Waals surface area contributed by atoms with E-state index < -0.39 is 0 Å². The zero-order valence-electron chi connectivity index (χ0n) is 14.7. The van der Waals surface area contributed by atoms with Gasteiger partial charge in [0.2, 0.25) is 0 Å². The van der Waals surface area contributed by atoms with Gasteiger partial charge in [-0.25, -0.2) is 0 Å². The van der Waals surface area contributed by atoms with Gasteiger partial charge >= 0.3 is 0 Å². The maximum absolute atomic E-state index is 12.2. The topological polar surface area (TPSA) is 58.4 Å². The van der Waals surface area contributed by atoms with Crippen molar-refractivity contribution in [3.05, 3.63) is 39.9 Å². The zero-order chi connectivity index (χ0) is 17.3. The molecule has 0 bridgehead atoms. The summed E-state index contributed by atoms with van der Waals surface area (Å²) in [5, 5.41) is 9.30. The summed E-state index contributed by atoms with van der Waals surface area (Å²) in [7, 11) is 4.02. The summed E-state index contributed by atoms with van der Waals surface area (Å²) >= 11 is 1.48. The normalized spacial score (nSPS) is 22.4. The fourth-order valence-electron chi connectivity index (χ4n) is 3.34. The number of thiophene rings is 1. The molecule has 1 amide bonds. The summed E-state index contributed by atoms with van der Waals surface area (Å²) in [5.74, 6) is 1.44. The predicted octanol–water partition coefficient (Wildman–Crippen LogP) is 3.18. The number of nitrogens with zero attached hydrogens (tertiary/aromatic N) is 2. The summed E-state index contributed by atoms with van der Waals surface area (Å²) in [6.07, 6.45) is 1.88. The van der Waals surface area contributed by atoms with Crippen LogP contribution in [0.25, 0.3) is 0 Å². The third kappa shape index (κ3) is 3.54. The molecular formula is C18H25N3O2S. The van der Waals surface area contributed by atoms with Gasteiger partial charge in [0.1, 0.15) is 0 Å². The van der Waals surface area contributed by atoms with E-state index in [0.29, 0.717) is 5.92 Å². The van der Waals surface area contributed by atoms with Crippen LogP contribution in [0.15, 0.2) is 28.1 Å². The number of nitrogens with one attached hydrogen (secondary N) is 1. The lowest BCUT2D eigenvalue weighted by Gasteiger charge is -2.52. The molecule has 0 aliphatic heterocycles. The van der Waals surface area contributed by atoms with Crippen molar-refractivity contribution in [3.63, 3.8) is 0 Å². The van der Waals surface area contributed by atoms with Crippen LogP contribution in [0.4, 0.5) is 0 Å². The van der Waals surface area contributed by atoms with E-state index in [2.05, 4.69) is 29.2 Å². The van der Waals surface area contributed by atoms with Gasteiger partial charge in [-0.15, -0.1) is 11.3 Å². The lowest BCUT2D eigenvalue weighted by Crippen LogP contribution is -2.58. The Kier molecular flexibility index (Phi) is 4.78. The van der Waals surface area contributed by atoms with Gasteiger partial charge in [-0.05, 0) is 49.7 Å². The number of hydrogen-bond donors (Lipinski definition) is 1. The second kappa shape index (κ2) is 6.69. The summed E-state index contributed by atoms with van der Waals surface area (Å²) in [5.41, 5.74) is 1.07. The van der Waals surface area contributed by atoms with E-state index in [4.69, 9.17) is 4.52 Å². The number of aromatic nitrogens is 1. The Morgan fingerprint density at radius 1 is 1.50 bits per heavy atom. The van der Waals surface area contributed by atoms with Crippen molar-refractivity contribution in [2.24, 2.45) is 11.3 Å². The first-order chi connectivity index (χ1) is 11.4. The third-order valence-corrected chi connectivity index (χ3v) is 5.92. The summed E-state index contributed by atoms with van der Waals surface area (Å²) < 4.78 is 5.39. The first kappa shape index (κ1) is 17.2. The SMILES string of the molecule is CN(C)Cc1cc(CC2CC(NC(=O)c3cccs3)C2(C)C)no1. The van der Waals surface area contributed by atoms with Crippen LogP contribution in [0.5, 0.6) is 0 Å². The fourth-order valence-corrected chi connectivity index (χ4v) is 3.96. The third-order valence-electron chi connectivity index (χ3n) is 5.06. The van der Waals surface area contributed by atoms with E-state index in [0.717, 1.165) is 35.7 Å². The van der Waals surface area contributed by atoms with E-state index in [1.54, 1.807) is 0 Å². The quantitative estimate of drug-likeness (QED) is 0.872. The molecule has 2 aromatic rings. The largest absolute Gasteiger partial charge is 0.360 e. The second-order valence-corrected chi connectivity index (χ2v) is 8.43. The Morgan fingerprint density at radius 3 is 2.92 bits per heavy atom. The number of hydrogen-bond acceptors (Lipinski definition) is 5. The number of carbonyl (C=O) groups excluding carboxylic acids is 1. The van der Waals surface area contributed by atoms with Crippen molar-refractivity contribution in [2.45, 2.75) is 39.3 Å². The molecule has 1 fully saturated rings. The molecule has 6 heteroatoms. The molecule has 1 N–H and O–H groups in total. The Hall–Kier alpha value is -1.66. The minimum atomic E-state index is 0.0382. The maximum Gasteiger partial charge on any atom is 0.261 e. The number of rotatable bonds is 6. The minimum absolute atomic E-state index is 0.0382. The average molecular weight is 347 g/mol. The van der Waals surface area contributed by atoms with Gasteiger partial charge in [0, 0.05) is 12.1 Å². The van der Waals surface area contributed by atoms with Crippen LogP contribution in [0, 0.1) is 11.3 Å². The van der Waals surface area contributed by atoms with E-state index in [9.17, 15) is 4.79 Å². The molecule has 1 saturated carbocycles. The Morgan fingerprint density at radius 2 is 2.29 bits per heavy atom. The Bertz CT molecular complexity index is 691. The lowest BCUT2D eigenvalue weighted by molar-refractivity contribution is 0.0139. The van der Waals surface area contributed by atoms with Crippen molar-refractivity contribution in [1.29, 1.82) is 0 Å². The molecule has 0 aromatic carbocycles. The van der Waals surface area contributed by atoms with E-state index in [1.807, 2.05) is 37.7 Å². The second-order valence-electron chi connectivity index (χ2n) is 7.48. The molecule has 130 valence electrons. The molecule has 24 heavy (non-hydrogen) atoms. The van der Waals surface area contributed by atoms with Crippen molar-refractivity contribution in [2.75, 3.05) is 14.1 Å². The highest BCUT2D eigenvalue weighted by atomic mass is 32.1. The molecular weight excluding hydrogens is 322 g/mol. The van der Waals surface area contributed by atoms with Crippen LogP contribution in [0.1, 0.15) is 41.4 Å². The van der Waals surface area contributed by atoms with E-state index >= 15 is 0 Å². The standard InChI is InChI=1S/C18H25N3O2S/c1-18(2)12(8-13-10-14(23-20-13)11-21(3)4)9-16(18)19-17(22)15-6-5-7-24-15/h5-7,10,12,16H,8-9,11H2,1-4H3,(H,19,22). The van der Waals surface area contributed by atoms with Crippen molar-refractivity contribution in [1.82, 2.24) is 15.4 Å². The van der Waals surface area contributed by atoms with Gasteiger partial charge in [0.15, 0.2) is 5.76 Å². The molecule has 1 aliphatic rings. The summed E-state index contributed by atoms with van der Waals surface area (Å²) in [6.45, 7) is 5.21. The molecule has 0 saturated heterocycles. The van der Waals surface area contributed by atoms with Crippen LogP contribution in [0.2, 0.25) is 0 Å². The van der Waals surface area contributed by atoms with Crippen LogP contribution in [-0.2, 0) is 13.0 Å². The van der Waals surface area contributed by atoms with Gasteiger partial charge in [0.05, 0.1) is 17.1 Å². The highest BCUT2D eigenvalue weighted by Gasteiger charge is 2.48. The molecule has 0 radical (unpaired) electrons. The average Bonchev–Trinajstić information content (AvgIpc) is 3.17. The number of amides is 1. The van der Waals surface area contributed by atoms with Gasteiger partial charge in [-0.3, -0.25) is 4.79 Å².